The molecule has 0 saturated heterocycles. The molecular weight excluding hydrogens is 392 g/mol. The van der Waals surface area contributed by atoms with Crippen molar-refractivity contribution in [3.05, 3.63) is 57.8 Å². The standard InChI is InChI=1S/C19H18Cl2FN3O2/c1-10(12-7-15(22)14(21)8-13(12)20)23-11(2)19(27)25-9-18(26)24-16-5-3-4-6-17(16)25/h3-8,10-11,23H,9H2,1-2H3,(H,24,26)/t10-,11-/m1/s1. The summed E-state index contributed by atoms with van der Waals surface area (Å²) in [5, 5.41) is 6.10. The summed E-state index contributed by atoms with van der Waals surface area (Å²) < 4.78 is 13.8. The molecule has 2 amide bonds. The van der Waals surface area contributed by atoms with Crippen molar-refractivity contribution in [2.45, 2.75) is 25.9 Å². The molecule has 2 aromatic rings. The Morgan fingerprint density at radius 3 is 2.67 bits per heavy atom. The number of rotatable bonds is 4. The van der Waals surface area contributed by atoms with Gasteiger partial charge >= 0.3 is 0 Å². The highest BCUT2D eigenvalue weighted by atomic mass is 35.5. The number of anilines is 2. The molecule has 0 saturated carbocycles. The molecular formula is C19H18Cl2FN3O2. The van der Waals surface area contributed by atoms with Gasteiger partial charge in [-0.05, 0) is 43.7 Å². The number of nitrogens with one attached hydrogen (secondary N) is 2. The van der Waals surface area contributed by atoms with E-state index in [4.69, 9.17) is 23.2 Å². The molecule has 0 spiro atoms. The Bertz CT molecular complexity index is 907. The van der Waals surface area contributed by atoms with E-state index in [1.54, 1.807) is 38.1 Å². The number of hydrogen-bond donors (Lipinski definition) is 2. The van der Waals surface area contributed by atoms with Crippen LogP contribution < -0.4 is 15.5 Å². The zero-order valence-electron chi connectivity index (χ0n) is 14.7. The van der Waals surface area contributed by atoms with Crippen molar-refractivity contribution in [1.29, 1.82) is 0 Å². The Labute approximate surface area is 166 Å². The normalized spacial score (nSPS) is 15.7. The van der Waals surface area contributed by atoms with E-state index in [9.17, 15) is 14.0 Å². The third-order valence-electron chi connectivity index (χ3n) is 4.41. The summed E-state index contributed by atoms with van der Waals surface area (Å²) in [6.07, 6.45) is 0. The summed E-state index contributed by atoms with van der Waals surface area (Å²) >= 11 is 11.9. The molecule has 27 heavy (non-hydrogen) atoms. The number of carbonyl (C=O) groups excluding carboxylic acids is 2. The maximum atomic E-state index is 13.8. The Balaban J connectivity index is 1.78. The second-order valence-corrected chi connectivity index (χ2v) is 7.20. The fourth-order valence-corrected chi connectivity index (χ4v) is 3.62. The molecule has 5 nitrogen and oxygen atoms in total. The van der Waals surface area contributed by atoms with Gasteiger partial charge in [0.2, 0.25) is 11.8 Å². The zero-order chi connectivity index (χ0) is 19.7. The van der Waals surface area contributed by atoms with E-state index in [2.05, 4.69) is 10.6 Å². The molecule has 1 aliphatic heterocycles. The van der Waals surface area contributed by atoms with E-state index in [0.29, 0.717) is 22.0 Å². The van der Waals surface area contributed by atoms with Gasteiger partial charge in [0.25, 0.3) is 0 Å². The van der Waals surface area contributed by atoms with E-state index in [1.165, 1.54) is 17.0 Å². The van der Waals surface area contributed by atoms with E-state index in [0.717, 1.165) is 0 Å². The van der Waals surface area contributed by atoms with Crippen LogP contribution in [0.3, 0.4) is 0 Å². The van der Waals surface area contributed by atoms with Crippen LogP contribution in [0.25, 0.3) is 0 Å². The smallest absolute Gasteiger partial charge is 0.244 e. The fraction of sp³-hybridized carbons (Fsp3) is 0.263. The van der Waals surface area contributed by atoms with Crippen LogP contribution in [0.5, 0.6) is 0 Å². The predicted molar refractivity (Wildman–Crippen MR) is 105 cm³/mol. The van der Waals surface area contributed by atoms with Crippen molar-refractivity contribution in [3.8, 4) is 0 Å². The van der Waals surface area contributed by atoms with Crippen LogP contribution in [0.4, 0.5) is 15.8 Å². The lowest BCUT2D eigenvalue weighted by Gasteiger charge is -2.32. The van der Waals surface area contributed by atoms with Crippen LogP contribution in [0, 0.1) is 5.82 Å². The van der Waals surface area contributed by atoms with Gasteiger partial charge in [-0.1, -0.05) is 35.3 Å². The van der Waals surface area contributed by atoms with Gasteiger partial charge in [0.1, 0.15) is 12.4 Å². The molecule has 0 unspecified atom stereocenters. The van der Waals surface area contributed by atoms with Crippen LogP contribution in [0.1, 0.15) is 25.5 Å². The summed E-state index contributed by atoms with van der Waals surface area (Å²) in [6.45, 7) is 3.40. The molecule has 0 radical (unpaired) electrons. The second kappa shape index (κ2) is 7.84. The van der Waals surface area contributed by atoms with Gasteiger partial charge in [-0.15, -0.1) is 0 Å². The number of para-hydroxylation sites is 2. The van der Waals surface area contributed by atoms with E-state index in [-0.39, 0.29) is 23.4 Å². The number of nitrogens with zero attached hydrogens (tertiary/aromatic N) is 1. The molecule has 2 aromatic carbocycles. The lowest BCUT2D eigenvalue weighted by Crippen LogP contribution is -2.50. The molecule has 0 fully saturated rings. The Morgan fingerprint density at radius 1 is 1.22 bits per heavy atom. The highest BCUT2D eigenvalue weighted by molar-refractivity contribution is 6.35. The summed E-state index contributed by atoms with van der Waals surface area (Å²) in [6, 6.07) is 8.65. The van der Waals surface area contributed by atoms with Gasteiger partial charge in [0.05, 0.1) is 22.4 Å². The third kappa shape index (κ3) is 4.08. The molecule has 0 bridgehead atoms. The van der Waals surface area contributed by atoms with Gasteiger partial charge in [-0.25, -0.2) is 4.39 Å². The minimum Gasteiger partial charge on any atom is -0.323 e. The number of benzene rings is 2. The van der Waals surface area contributed by atoms with Gasteiger partial charge in [0, 0.05) is 11.1 Å². The van der Waals surface area contributed by atoms with E-state index in [1.807, 2.05) is 0 Å². The van der Waals surface area contributed by atoms with Crippen LogP contribution >= 0.6 is 23.2 Å². The number of fused-ring (bicyclic) bond motifs is 1. The average molecular weight is 410 g/mol. The average Bonchev–Trinajstić information content (AvgIpc) is 2.63. The number of carbonyl (C=O) groups is 2. The van der Waals surface area contributed by atoms with Gasteiger partial charge in [-0.3, -0.25) is 19.8 Å². The van der Waals surface area contributed by atoms with Crippen LogP contribution in [0.15, 0.2) is 36.4 Å². The largest absolute Gasteiger partial charge is 0.323 e. The van der Waals surface area contributed by atoms with Crippen molar-refractivity contribution in [1.82, 2.24) is 5.32 Å². The third-order valence-corrected chi connectivity index (χ3v) is 5.03. The van der Waals surface area contributed by atoms with Crippen LogP contribution in [-0.4, -0.2) is 24.4 Å². The molecule has 1 aliphatic rings. The molecule has 2 N–H and O–H groups in total. The van der Waals surface area contributed by atoms with Gasteiger partial charge < -0.3 is 5.32 Å². The Kier molecular flexibility index (Phi) is 5.69. The molecule has 142 valence electrons. The quantitative estimate of drug-likeness (QED) is 0.745. The summed E-state index contributed by atoms with van der Waals surface area (Å²) in [4.78, 5) is 26.3. The topological polar surface area (TPSA) is 61.4 Å². The first-order valence-electron chi connectivity index (χ1n) is 8.38. The fourth-order valence-electron chi connectivity index (χ4n) is 3.07. The Hall–Kier alpha value is -2.15. The van der Waals surface area contributed by atoms with Crippen molar-refractivity contribution in [3.63, 3.8) is 0 Å². The lowest BCUT2D eigenvalue weighted by atomic mass is 10.1. The molecule has 3 rings (SSSR count). The first-order chi connectivity index (χ1) is 12.8. The number of amides is 2. The first-order valence-corrected chi connectivity index (χ1v) is 9.14. The van der Waals surface area contributed by atoms with Crippen LogP contribution in [0.2, 0.25) is 10.0 Å². The minimum atomic E-state index is -0.631. The molecule has 2 atom stereocenters. The van der Waals surface area contributed by atoms with Gasteiger partial charge in [0.15, 0.2) is 0 Å². The SMILES string of the molecule is C[C@@H](N[C@H](C)c1cc(F)c(Cl)cc1Cl)C(=O)N1CC(=O)Nc2ccccc21. The number of hydrogen-bond acceptors (Lipinski definition) is 3. The molecule has 0 aromatic heterocycles. The monoisotopic (exact) mass is 409 g/mol. The molecule has 0 aliphatic carbocycles. The summed E-state index contributed by atoms with van der Waals surface area (Å²) in [5.41, 5.74) is 1.72. The van der Waals surface area contributed by atoms with Crippen molar-refractivity contribution in [2.24, 2.45) is 0 Å². The van der Waals surface area contributed by atoms with Crippen molar-refractivity contribution >= 4 is 46.4 Å². The molecule has 8 heteroatoms. The van der Waals surface area contributed by atoms with Crippen molar-refractivity contribution < 1.29 is 14.0 Å². The number of halogens is 3. The maximum absolute atomic E-state index is 13.8. The molecule has 1 heterocycles. The summed E-state index contributed by atoms with van der Waals surface area (Å²) in [7, 11) is 0. The summed E-state index contributed by atoms with van der Waals surface area (Å²) in [5.74, 6) is -1.11. The first kappa shape index (κ1) is 19.6. The van der Waals surface area contributed by atoms with Crippen molar-refractivity contribution in [2.75, 3.05) is 16.8 Å². The zero-order valence-corrected chi connectivity index (χ0v) is 16.2. The maximum Gasteiger partial charge on any atom is 0.244 e. The minimum absolute atomic E-state index is 0.0592. The lowest BCUT2D eigenvalue weighted by molar-refractivity contribution is -0.123. The predicted octanol–water partition coefficient (Wildman–Crippen LogP) is 4.16. The van der Waals surface area contributed by atoms with E-state index < -0.39 is 17.9 Å². The Morgan fingerprint density at radius 2 is 1.93 bits per heavy atom. The van der Waals surface area contributed by atoms with Crippen LogP contribution in [-0.2, 0) is 9.59 Å². The van der Waals surface area contributed by atoms with Gasteiger partial charge in [-0.2, -0.15) is 0 Å². The van der Waals surface area contributed by atoms with E-state index >= 15 is 0 Å². The second-order valence-electron chi connectivity index (χ2n) is 6.39. The highest BCUT2D eigenvalue weighted by Gasteiger charge is 2.30. The highest BCUT2D eigenvalue weighted by Crippen LogP contribution is 2.31.